The smallest absolute Gasteiger partial charge is 0.252 e. The van der Waals surface area contributed by atoms with Gasteiger partial charge in [-0.15, -0.1) is 0 Å². The topological polar surface area (TPSA) is 88.2 Å². The molecule has 0 saturated carbocycles. The number of carbonyl (C=O) groups excluding carboxylic acids is 2. The van der Waals surface area contributed by atoms with Crippen LogP contribution in [0, 0.1) is 44.3 Å². The number of anilines is 2. The van der Waals surface area contributed by atoms with Gasteiger partial charge in [0.2, 0.25) is 0 Å². The maximum atomic E-state index is 14.8. The van der Waals surface area contributed by atoms with Gasteiger partial charge in [0, 0.05) is 11.4 Å². The van der Waals surface area contributed by atoms with E-state index in [1.165, 1.54) is 0 Å². The molecule has 0 N–H and O–H groups in total. The van der Waals surface area contributed by atoms with Crippen molar-refractivity contribution in [1.82, 2.24) is 0 Å². The minimum Gasteiger partial charge on any atom is -0.294 e. The summed E-state index contributed by atoms with van der Waals surface area (Å²) in [5.74, 6) is -0.513. The Kier molecular flexibility index (Phi) is 6.07. The van der Waals surface area contributed by atoms with Gasteiger partial charge in [0.1, 0.15) is 11.1 Å². The molecule has 2 aliphatic carbocycles. The molecule has 6 heteroatoms. The van der Waals surface area contributed by atoms with Gasteiger partial charge in [-0.3, -0.25) is 19.4 Å². The van der Waals surface area contributed by atoms with Crippen LogP contribution in [0.15, 0.2) is 121 Å². The number of benzene rings is 5. The van der Waals surface area contributed by atoms with Gasteiger partial charge in [0.25, 0.3) is 11.8 Å². The lowest BCUT2D eigenvalue weighted by Crippen LogP contribution is -2.79. The molecule has 5 aromatic rings. The molecule has 0 unspecified atom stereocenters. The first-order valence-electron chi connectivity index (χ1n) is 17.8. The lowest BCUT2D eigenvalue weighted by atomic mass is 9.47. The summed E-state index contributed by atoms with van der Waals surface area (Å²) < 4.78 is 0. The Balaban J connectivity index is 1.25. The summed E-state index contributed by atoms with van der Waals surface area (Å²) in [4.78, 5) is 33.2. The number of hydrogen-bond donors (Lipinski definition) is 0. The first-order chi connectivity index (χ1) is 24.8. The van der Waals surface area contributed by atoms with Crippen LogP contribution in [0.3, 0.4) is 0 Å². The molecule has 2 aliphatic heterocycles. The van der Waals surface area contributed by atoms with E-state index in [1.807, 2.05) is 139 Å². The van der Waals surface area contributed by atoms with Crippen LogP contribution in [0.5, 0.6) is 0 Å². The van der Waals surface area contributed by atoms with Gasteiger partial charge in [-0.25, -0.2) is 0 Å². The number of nitrogens with zero attached hydrogens (tertiary/aromatic N) is 4. The van der Waals surface area contributed by atoms with Gasteiger partial charge >= 0.3 is 0 Å². The Labute approximate surface area is 304 Å². The minimum atomic E-state index is -1.39. The van der Waals surface area contributed by atoms with Gasteiger partial charge in [0.15, 0.2) is 10.8 Å². The van der Waals surface area contributed by atoms with Crippen molar-refractivity contribution in [2.45, 2.75) is 52.6 Å². The van der Waals surface area contributed by atoms with Crippen LogP contribution in [-0.4, -0.2) is 11.8 Å². The van der Waals surface area contributed by atoms with Crippen LogP contribution < -0.4 is 9.80 Å². The predicted molar refractivity (Wildman–Crippen MR) is 202 cm³/mol. The van der Waals surface area contributed by atoms with E-state index in [-0.39, 0.29) is 11.8 Å². The highest BCUT2D eigenvalue weighted by molar-refractivity contribution is 6.16. The van der Waals surface area contributed by atoms with Crippen molar-refractivity contribution in [3.8, 4) is 34.4 Å². The van der Waals surface area contributed by atoms with Crippen molar-refractivity contribution >= 4 is 23.2 Å². The summed E-state index contributed by atoms with van der Waals surface area (Å²) in [5.41, 5.74) is 2.65. The molecule has 9 rings (SSSR count). The standard InChI is InChI=1S/C46H38N4O2/c1-41(2,3)43(27-47)39(51)49(45(43)35-19-11-7-15-31(35)32-16-8-12-20-36(32)45)29-23-25-30(26-24-29)50-40(52)44(28-48,42(4,5)6)46(50)37-21-13-9-17-33(37)34-18-10-14-22-38(34)46/h7-26H,1-6H3/t43-,44-/m1/s1. The quantitative estimate of drug-likeness (QED) is 0.174. The summed E-state index contributed by atoms with van der Waals surface area (Å²) in [7, 11) is 0. The van der Waals surface area contributed by atoms with Crippen molar-refractivity contribution in [3.05, 3.63) is 144 Å². The fraction of sp³-hybridized carbons (Fsp3) is 0.261. The van der Waals surface area contributed by atoms with Crippen molar-refractivity contribution in [2.24, 2.45) is 21.7 Å². The van der Waals surface area contributed by atoms with Gasteiger partial charge in [-0.1, -0.05) is 139 Å². The molecule has 0 bridgehead atoms. The summed E-state index contributed by atoms with van der Waals surface area (Å²) in [6.07, 6.45) is 0. The molecule has 2 atom stereocenters. The van der Waals surface area contributed by atoms with E-state index in [2.05, 4.69) is 36.4 Å². The summed E-state index contributed by atoms with van der Waals surface area (Å²) in [5, 5.41) is 22.2. The van der Waals surface area contributed by atoms with E-state index in [0.717, 1.165) is 44.5 Å². The third kappa shape index (κ3) is 3.10. The first-order valence-corrected chi connectivity index (χ1v) is 17.8. The Morgan fingerprint density at radius 1 is 0.442 bits per heavy atom. The molecule has 0 aromatic heterocycles. The summed E-state index contributed by atoms with van der Waals surface area (Å²) in [6, 6.07) is 45.1. The highest BCUT2D eigenvalue weighted by Crippen LogP contribution is 2.73. The number of nitriles is 2. The van der Waals surface area contributed by atoms with Crippen LogP contribution in [-0.2, 0) is 20.7 Å². The van der Waals surface area contributed by atoms with Crippen molar-refractivity contribution < 1.29 is 9.59 Å². The van der Waals surface area contributed by atoms with E-state index in [4.69, 9.17) is 0 Å². The number of fused-ring (bicyclic) bond motifs is 10. The molecule has 2 spiro atoms. The Morgan fingerprint density at radius 2 is 0.692 bits per heavy atom. The lowest BCUT2D eigenvalue weighted by molar-refractivity contribution is -0.150. The zero-order chi connectivity index (χ0) is 36.6. The van der Waals surface area contributed by atoms with Crippen LogP contribution in [0.25, 0.3) is 22.3 Å². The third-order valence-electron chi connectivity index (χ3n) is 12.6. The first kappa shape index (κ1) is 32.0. The van der Waals surface area contributed by atoms with Gasteiger partial charge in [0.05, 0.1) is 12.1 Å². The van der Waals surface area contributed by atoms with E-state index >= 15 is 0 Å². The number of β-lactam (4-membered cyclic amide) rings is 2. The average Bonchev–Trinajstić information content (AvgIpc) is 3.60. The van der Waals surface area contributed by atoms with Crippen LogP contribution >= 0.6 is 0 Å². The fourth-order valence-corrected chi connectivity index (χ4v) is 10.6. The lowest BCUT2D eigenvalue weighted by Gasteiger charge is -2.66. The third-order valence-corrected chi connectivity index (χ3v) is 12.6. The molecule has 6 nitrogen and oxygen atoms in total. The monoisotopic (exact) mass is 678 g/mol. The number of hydrogen-bond acceptors (Lipinski definition) is 4. The van der Waals surface area contributed by atoms with E-state index in [1.54, 1.807) is 9.80 Å². The van der Waals surface area contributed by atoms with E-state index in [9.17, 15) is 20.1 Å². The highest BCUT2D eigenvalue weighted by Gasteiger charge is 2.81. The maximum absolute atomic E-state index is 14.8. The Morgan fingerprint density at radius 3 is 0.923 bits per heavy atom. The Hall–Kier alpha value is -5.98. The maximum Gasteiger partial charge on any atom is 0.252 e. The second-order valence-corrected chi connectivity index (χ2v) is 16.6. The predicted octanol–water partition coefficient (Wildman–Crippen LogP) is 9.34. The van der Waals surface area contributed by atoms with Crippen LogP contribution in [0.2, 0.25) is 0 Å². The molecule has 0 radical (unpaired) electrons. The van der Waals surface area contributed by atoms with E-state index in [0.29, 0.717) is 11.4 Å². The second kappa shape index (κ2) is 9.87. The highest BCUT2D eigenvalue weighted by atomic mass is 16.2. The molecule has 2 amide bonds. The molecule has 52 heavy (non-hydrogen) atoms. The second-order valence-electron chi connectivity index (χ2n) is 16.6. The largest absolute Gasteiger partial charge is 0.294 e. The number of amides is 2. The van der Waals surface area contributed by atoms with Gasteiger partial charge in [-0.2, -0.15) is 10.5 Å². The zero-order valence-electron chi connectivity index (χ0n) is 30.2. The van der Waals surface area contributed by atoms with Gasteiger partial charge < -0.3 is 0 Å². The van der Waals surface area contributed by atoms with Crippen LogP contribution in [0.4, 0.5) is 11.4 Å². The summed E-state index contributed by atoms with van der Waals surface area (Å²) in [6.45, 7) is 11.8. The zero-order valence-corrected chi connectivity index (χ0v) is 30.2. The number of rotatable bonds is 2. The number of carbonyl (C=O) groups is 2. The molecule has 254 valence electrons. The van der Waals surface area contributed by atoms with Crippen molar-refractivity contribution in [3.63, 3.8) is 0 Å². The molecule has 4 aliphatic rings. The normalized spacial score (nSPS) is 22.8. The summed E-state index contributed by atoms with van der Waals surface area (Å²) >= 11 is 0. The molecule has 5 aromatic carbocycles. The molecular weight excluding hydrogens is 641 g/mol. The fourth-order valence-electron chi connectivity index (χ4n) is 10.6. The van der Waals surface area contributed by atoms with Crippen molar-refractivity contribution in [2.75, 3.05) is 9.80 Å². The SMILES string of the molecule is CC(C)(C)[C@@]1(C#N)C(=O)N(c2ccc(N3C(=O)[C@](C#N)(C(C)(C)C)C34c3ccccc3-c3ccccc34)cc2)C12c1ccccc1-c1ccccc12. The van der Waals surface area contributed by atoms with E-state index < -0.39 is 32.7 Å². The Bertz CT molecular complexity index is 2220. The molecule has 2 heterocycles. The van der Waals surface area contributed by atoms with Crippen LogP contribution in [0.1, 0.15) is 63.8 Å². The van der Waals surface area contributed by atoms with Gasteiger partial charge in [-0.05, 0) is 79.6 Å². The molecule has 2 saturated heterocycles. The minimum absolute atomic E-state index is 0.256. The average molecular weight is 679 g/mol. The molecular formula is C46H38N4O2. The van der Waals surface area contributed by atoms with Crippen molar-refractivity contribution in [1.29, 1.82) is 10.5 Å². The molecule has 2 fully saturated rings.